The number of halogens is 2. The van der Waals surface area contributed by atoms with Gasteiger partial charge in [-0.25, -0.2) is 0 Å². The molecule has 0 saturated heterocycles. The van der Waals surface area contributed by atoms with Gasteiger partial charge in [0.25, 0.3) is 0 Å². The van der Waals surface area contributed by atoms with Crippen LogP contribution >= 0.6 is 24.8 Å². The number of aliphatic hydroxyl groups excluding tert-OH is 2. The van der Waals surface area contributed by atoms with E-state index < -0.39 is 12.2 Å². The van der Waals surface area contributed by atoms with E-state index in [4.69, 9.17) is 4.74 Å². The first-order valence-electron chi connectivity index (χ1n) is 7.31. The van der Waals surface area contributed by atoms with Crippen LogP contribution < -0.4 is 10.1 Å². The molecule has 1 rings (SSSR count). The maximum atomic E-state index is 10.0. The van der Waals surface area contributed by atoms with Gasteiger partial charge in [0.05, 0.1) is 6.10 Å². The van der Waals surface area contributed by atoms with Crippen LogP contribution in [0, 0.1) is 13.8 Å². The SMILES string of the molecule is CNCC(O)CN(C)CC(O)COc1ccc(C)cc1C.Cl.Cl. The van der Waals surface area contributed by atoms with Crippen LogP contribution in [0.3, 0.4) is 0 Å². The Balaban J connectivity index is 0. The van der Waals surface area contributed by atoms with Gasteiger partial charge < -0.3 is 25.2 Å². The van der Waals surface area contributed by atoms with Crippen molar-refractivity contribution in [2.75, 3.05) is 40.3 Å². The quantitative estimate of drug-likeness (QED) is 0.614. The molecule has 0 fully saturated rings. The van der Waals surface area contributed by atoms with E-state index in [-0.39, 0.29) is 31.4 Å². The summed E-state index contributed by atoms with van der Waals surface area (Å²) in [4.78, 5) is 1.90. The number of nitrogens with zero attached hydrogens (tertiary/aromatic N) is 1. The number of ether oxygens (including phenoxy) is 1. The molecule has 1 aromatic carbocycles. The predicted octanol–water partition coefficient (Wildman–Crippen LogP) is 1.40. The molecule has 0 aliphatic carbocycles. The van der Waals surface area contributed by atoms with Crippen LogP contribution in [0.15, 0.2) is 18.2 Å². The zero-order valence-corrected chi connectivity index (χ0v) is 15.9. The molecule has 0 amide bonds. The Morgan fingerprint density at radius 2 is 1.74 bits per heavy atom. The minimum atomic E-state index is -0.586. The molecule has 0 saturated carbocycles. The van der Waals surface area contributed by atoms with Crippen LogP contribution in [-0.2, 0) is 0 Å². The second-order valence-corrected chi connectivity index (χ2v) is 5.67. The lowest BCUT2D eigenvalue weighted by atomic mass is 10.1. The highest BCUT2D eigenvalue weighted by molar-refractivity contribution is 5.85. The first-order valence-corrected chi connectivity index (χ1v) is 7.31. The van der Waals surface area contributed by atoms with Crippen LogP contribution in [0.25, 0.3) is 0 Å². The fourth-order valence-corrected chi connectivity index (χ4v) is 2.29. The van der Waals surface area contributed by atoms with E-state index in [0.717, 1.165) is 11.3 Å². The van der Waals surface area contributed by atoms with Crippen molar-refractivity contribution in [3.8, 4) is 5.75 Å². The molecule has 7 heteroatoms. The standard InChI is InChI=1S/C16H28N2O3.2ClH/c1-12-5-6-16(13(2)7-12)21-11-15(20)10-18(4)9-14(19)8-17-3;;/h5-7,14-15,17,19-20H,8-11H2,1-4H3;2*1H. The van der Waals surface area contributed by atoms with Crippen molar-refractivity contribution >= 4 is 24.8 Å². The zero-order valence-electron chi connectivity index (χ0n) is 14.3. The molecule has 2 atom stereocenters. The molecule has 136 valence electrons. The van der Waals surface area contributed by atoms with Crippen LogP contribution in [0.2, 0.25) is 0 Å². The lowest BCUT2D eigenvalue weighted by Crippen LogP contribution is -2.40. The van der Waals surface area contributed by atoms with Gasteiger partial charge in [0.15, 0.2) is 0 Å². The fourth-order valence-electron chi connectivity index (χ4n) is 2.29. The molecule has 0 aliphatic rings. The Labute approximate surface area is 151 Å². The molecule has 3 N–H and O–H groups in total. The van der Waals surface area contributed by atoms with Gasteiger partial charge in [-0.15, -0.1) is 24.8 Å². The Kier molecular flexibility index (Phi) is 13.8. The molecule has 0 heterocycles. The number of likely N-dealkylation sites (N-methyl/N-ethyl adjacent to an activating group) is 2. The van der Waals surface area contributed by atoms with Crippen molar-refractivity contribution in [2.24, 2.45) is 0 Å². The first kappa shape index (κ1) is 24.7. The number of hydrogen-bond acceptors (Lipinski definition) is 5. The smallest absolute Gasteiger partial charge is 0.122 e. The summed E-state index contributed by atoms with van der Waals surface area (Å²) >= 11 is 0. The molecule has 1 aromatic rings. The third-order valence-corrected chi connectivity index (χ3v) is 3.25. The Morgan fingerprint density at radius 3 is 2.30 bits per heavy atom. The van der Waals surface area contributed by atoms with Gasteiger partial charge in [0, 0.05) is 19.6 Å². The second-order valence-electron chi connectivity index (χ2n) is 5.67. The summed E-state index contributed by atoms with van der Waals surface area (Å²) in [6, 6.07) is 5.98. The van der Waals surface area contributed by atoms with Gasteiger partial charge in [-0.1, -0.05) is 17.7 Å². The van der Waals surface area contributed by atoms with Crippen LogP contribution in [0.1, 0.15) is 11.1 Å². The van der Waals surface area contributed by atoms with E-state index in [2.05, 4.69) is 11.4 Å². The van der Waals surface area contributed by atoms with E-state index >= 15 is 0 Å². The van der Waals surface area contributed by atoms with Crippen molar-refractivity contribution < 1.29 is 14.9 Å². The number of aryl methyl sites for hydroxylation is 2. The van der Waals surface area contributed by atoms with Crippen molar-refractivity contribution in [1.82, 2.24) is 10.2 Å². The summed E-state index contributed by atoms with van der Waals surface area (Å²) < 4.78 is 5.66. The minimum absolute atomic E-state index is 0. The summed E-state index contributed by atoms with van der Waals surface area (Å²) in [6.07, 6.45) is -1.02. The topological polar surface area (TPSA) is 65.0 Å². The van der Waals surface area contributed by atoms with E-state index in [1.807, 2.05) is 37.9 Å². The molecule has 0 aliphatic heterocycles. The van der Waals surface area contributed by atoms with E-state index in [9.17, 15) is 10.2 Å². The molecule has 0 spiro atoms. The van der Waals surface area contributed by atoms with Gasteiger partial charge in [0.1, 0.15) is 18.5 Å². The van der Waals surface area contributed by atoms with Crippen molar-refractivity contribution in [2.45, 2.75) is 26.1 Å². The van der Waals surface area contributed by atoms with Crippen molar-refractivity contribution in [3.05, 3.63) is 29.3 Å². The maximum Gasteiger partial charge on any atom is 0.122 e. The molecule has 23 heavy (non-hydrogen) atoms. The van der Waals surface area contributed by atoms with Gasteiger partial charge in [-0.2, -0.15) is 0 Å². The fraction of sp³-hybridized carbons (Fsp3) is 0.625. The van der Waals surface area contributed by atoms with Gasteiger partial charge in [0.2, 0.25) is 0 Å². The van der Waals surface area contributed by atoms with Gasteiger partial charge >= 0.3 is 0 Å². The average Bonchev–Trinajstić information content (AvgIpc) is 2.37. The number of rotatable bonds is 9. The molecule has 0 aromatic heterocycles. The summed E-state index contributed by atoms with van der Waals surface area (Å²) in [5, 5.41) is 22.6. The average molecular weight is 369 g/mol. The monoisotopic (exact) mass is 368 g/mol. The minimum Gasteiger partial charge on any atom is -0.491 e. The normalized spacial score (nSPS) is 13.0. The highest BCUT2D eigenvalue weighted by atomic mass is 35.5. The molecule has 0 bridgehead atoms. The number of nitrogens with one attached hydrogen (secondary N) is 1. The second kappa shape index (κ2) is 12.8. The Morgan fingerprint density at radius 1 is 1.13 bits per heavy atom. The molecular formula is C16H30Cl2N2O3. The van der Waals surface area contributed by atoms with Crippen LogP contribution in [0.4, 0.5) is 0 Å². The lowest BCUT2D eigenvalue weighted by molar-refractivity contribution is 0.0564. The third kappa shape index (κ3) is 10.0. The largest absolute Gasteiger partial charge is 0.491 e. The van der Waals surface area contributed by atoms with E-state index in [1.165, 1.54) is 5.56 Å². The van der Waals surface area contributed by atoms with Crippen LogP contribution in [0.5, 0.6) is 5.75 Å². The first-order chi connectivity index (χ1) is 9.92. The van der Waals surface area contributed by atoms with Crippen molar-refractivity contribution in [1.29, 1.82) is 0 Å². The maximum absolute atomic E-state index is 10.0. The summed E-state index contributed by atoms with van der Waals surface area (Å²) in [5.41, 5.74) is 2.26. The number of hydrogen-bond donors (Lipinski definition) is 3. The number of aliphatic hydroxyl groups is 2. The molecular weight excluding hydrogens is 339 g/mol. The molecule has 2 unspecified atom stereocenters. The summed E-state index contributed by atoms with van der Waals surface area (Å²) in [5.74, 6) is 0.803. The lowest BCUT2D eigenvalue weighted by Gasteiger charge is -2.23. The highest BCUT2D eigenvalue weighted by Crippen LogP contribution is 2.18. The van der Waals surface area contributed by atoms with Gasteiger partial charge in [-0.3, -0.25) is 0 Å². The third-order valence-electron chi connectivity index (χ3n) is 3.25. The Hall–Kier alpha value is -0.560. The van der Waals surface area contributed by atoms with Gasteiger partial charge in [-0.05, 0) is 39.6 Å². The molecule has 5 nitrogen and oxygen atoms in total. The van der Waals surface area contributed by atoms with E-state index in [1.54, 1.807) is 7.05 Å². The zero-order chi connectivity index (χ0) is 15.8. The Bertz CT molecular complexity index is 436. The highest BCUT2D eigenvalue weighted by Gasteiger charge is 2.13. The summed E-state index contributed by atoms with van der Waals surface area (Å²) in [6.45, 7) is 5.80. The molecule has 0 radical (unpaired) electrons. The predicted molar refractivity (Wildman–Crippen MR) is 99.3 cm³/mol. The number of benzene rings is 1. The van der Waals surface area contributed by atoms with Crippen molar-refractivity contribution in [3.63, 3.8) is 0 Å². The van der Waals surface area contributed by atoms with Crippen LogP contribution in [-0.4, -0.2) is 67.7 Å². The summed E-state index contributed by atoms with van der Waals surface area (Å²) in [7, 11) is 3.68. The van der Waals surface area contributed by atoms with E-state index in [0.29, 0.717) is 19.6 Å².